The van der Waals surface area contributed by atoms with Crippen molar-refractivity contribution in [2.45, 2.75) is 19.4 Å². The summed E-state index contributed by atoms with van der Waals surface area (Å²) >= 11 is 0. The molecule has 0 radical (unpaired) electrons. The third-order valence-corrected chi connectivity index (χ3v) is 6.15. The highest BCUT2D eigenvalue weighted by Gasteiger charge is 2.34. The van der Waals surface area contributed by atoms with Gasteiger partial charge in [0.25, 0.3) is 5.91 Å². The summed E-state index contributed by atoms with van der Waals surface area (Å²) in [4.78, 5) is 22.6. The molecule has 2 aromatic rings. The Balaban J connectivity index is 1.72. The maximum absolute atomic E-state index is 12.7. The van der Waals surface area contributed by atoms with Crippen LogP contribution in [0, 0.1) is 11.3 Å². The number of anilines is 2. The summed E-state index contributed by atoms with van der Waals surface area (Å²) < 4.78 is 23.4. The lowest BCUT2D eigenvalue weighted by Gasteiger charge is -2.26. The molecule has 2 heterocycles. The smallest absolute Gasteiger partial charge is 0.257 e. The van der Waals surface area contributed by atoms with E-state index in [2.05, 4.69) is 21.4 Å². The van der Waals surface area contributed by atoms with Crippen molar-refractivity contribution < 1.29 is 13.2 Å². The van der Waals surface area contributed by atoms with E-state index in [-0.39, 0.29) is 23.5 Å². The minimum absolute atomic E-state index is 0.00229. The minimum atomic E-state index is -3.07. The van der Waals surface area contributed by atoms with E-state index in [9.17, 15) is 13.2 Å². The lowest BCUT2D eigenvalue weighted by atomic mass is 10.2. The molecule has 1 unspecified atom stereocenters. The van der Waals surface area contributed by atoms with Crippen LogP contribution in [-0.2, 0) is 9.84 Å². The molecule has 0 spiro atoms. The predicted octanol–water partition coefficient (Wildman–Crippen LogP) is 1.74. The number of hydrogen-bond acceptors (Lipinski definition) is 7. The summed E-state index contributed by atoms with van der Waals surface area (Å²) in [6.45, 7) is 2.24. The summed E-state index contributed by atoms with van der Waals surface area (Å²) in [7, 11) is -3.07. The van der Waals surface area contributed by atoms with Crippen LogP contribution < -0.4 is 5.32 Å². The summed E-state index contributed by atoms with van der Waals surface area (Å²) in [6.07, 6.45) is 3.29. The van der Waals surface area contributed by atoms with Crippen LogP contribution in [-0.4, -0.2) is 53.3 Å². The lowest BCUT2D eigenvalue weighted by Crippen LogP contribution is -2.41. The third kappa shape index (κ3) is 4.41. The molecule has 0 saturated carbocycles. The number of rotatable bonds is 5. The Bertz CT molecular complexity index is 983. The zero-order valence-corrected chi connectivity index (χ0v) is 15.6. The van der Waals surface area contributed by atoms with Crippen LogP contribution in [0.3, 0.4) is 0 Å². The highest BCUT2D eigenvalue weighted by molar-refractivity contribution is 7.91. The summed E-state index contributed by atoms with van der Waals surface area (Å²) in [6, 6.07) is 8.63. The van der Waals surface area contributed by atoms with E-state index in [1.807, 2.05) is 6.92 Å². The van der Waals surface area contributed by atoms with Crippen molar-refractivity contribution >= 4 is 27.4 Å². The minimum Gasteiger partial charge on any atom is -0.335 e. The van der Waals surface area contributed by atoms with Gasteiger partial charge in [0, 0.05) is 30.7 Å². The molecule has 27 heavy (non-hydrogen) atoms. The SMILES string of the molecule is CCN(C(=O)c1cnc(Nc2cccc(C#N)c2)nc1)C1CCS(=O)(=O)C1. The number of nitrogens with zero attached hydrogens (tertiary/aromatic N) is 4. The molecule has 0 bridgehead atoms. The maximum atomic E-state index is 12.7. The highest BCUT2D eigenvalue weighted by atomic mass is 32.2. The Morgan fingerprint density at radius 3 is 2.70 bits per heavy atom. The van der Waals surface area contributed by atoms with E-state index in [1.165, 1.54) is 12.4 Å². The average molecular weight is 385 g/mol. The van der Waals surface area contributed by atoms with Gasteiger partial charge in [0.05, 0.1) is 28.7 Å². The van der Waals surface area contributed by atoms with Crippen LogP contribution in [0.25, 0.3) is 0 Å². The second kappa shape index (κ2) is 7.72. The highest BCUT2D eigenvalue weighted by Crippen LogP contribution is 2.20. The van der Waals surface area contributed by atoms with Crippen LogP contribution in [0.5, 0.6) is 0 Å². The van der Waals surface area contributed by atoms with Crippen LogP contribution >= 0.6 is 0 Å². The van der Waals surface area contributed by atoms with E-state index < -0.39 is 9.84 Å². The standard InChI is InChI=1S/C18H19N5O3S/c1-2-23(16-6-7-27(25,26)12-16)17(24)14-10-20-18(21-11-14)22-15-5-3-4-13(8-15)9-19/h3-5,8,10-11,16H,2,6-7,12H2,1H3,(H,20,21,22). The summed E-state index contributed by atoms with van der Waals surface area (Å²) in [5, 5.41) is 11.9. The first-order valence-corrected chi connectivity index (χ1v) is 10.3. The molecule has 3 rings (SSSR count). The molecule has 1 aromatic heterocycles. The van der Waals surface area contributed by atoms with Crippen LogP contribution in [0.4, 0.5) is 11.6 Å². The number of benzene rings is 1. The molecule has 8 nitrogen and oxygen atoms in total. The van der Waals surface area contributed by atoms with Crippen molar-refractivity contribution in [3.05, 3.63) is 47.8 Å². The zero-order valence-electron chi connectivity index (χ0n) is 14.8. The van der Waals surface area contributed by atoms with Crippen molar-refractivity contribution in [1.82, 2.24) is 14.9 Å². The van der Waals surface area contributed by atoms with Gasteiger partial charge in [-0.05, 0) is 31.5 Å². The molecule has 1 saturated heterocycles. The molecule has 1 aliphatic rings. The second-order valence-corrected chi connectivity index (χ2v) is 8.49. The Kier molecular flexibility index (Phi) is 5.37. The van der Waals surface area contributed by atoms with Crippen LogP contribution in [0.1, 0.15) is 29.3 Å². The number of carbonyl (C=O) groups excluding carboxylic acids is 1. The van der Waals surface area contributed by atoms with Gasteiger partial charge in [0.2, 0.25) is 5.95 Å². The molecule has 1 aliphatic heterocycles. The predicted molar refractivity (Wildman–Crippen MR) is 100 cm³/mol. The molecule has 1 atom stereocenters. The third-order valence-electron chi connectivity index (χ3n) is 4.40. The fourth-order valence-electron chi connectivity index (χ4n) is 3.05. The van der Waals surface area contributed by atoms with E-state index in [0.29, 0.717) is 35.7 Å². The fraction of sp³-hybridized carbons (Fsp3) is 0.333. The maximum Gasteiger partial charge on any atom is 0.257 e. The van der Waals surface area contributed by atoms with Gasteiger partial charge in [0.1, 0.15) is 0 Å². The van der Waals surface area contributed by atoms with Gasteiger partial charge in [-0.2, -0.15) is 5.26 Å². The van der Waals surface area contributed by atoms with Gasteiger partial charge in [-0.1, -0.05) is 6.07 Å². The Morgan fingerprint density at radius 1 is 1.37 bits per heavy atom. The molecule has 1 amide bonds. The van der Waals surface area contributed by atoms with Crippen molar-refractivity contribution in [2.24, 2.45) is 0 Å². The molecule has 1 aromatic carbocycles. The molecular formula is C18H19N5O3S. The van der Waals surface area contributed by atoms with Crippen molar-refractivity contribution in [3.8, 4) is 6.07 Å². The van der Waals surface area contributed by atoms with Crippen LogP contribution in [0.15, 0.2) is 36.7 Å². The van der Waals surface area contributed by atoms with Crippen molar-refractivity contribution in [2.75, 3.05) is 23.4 Å². The summed E-state index contributed by atoms with van der Waals surface area (Å²) in [5.41, 5.74) is 1.48. The lowest BCUT2D eigenvalue weighted by molar-refractivity contribution is 0.0707. The van der Waals surface area contributed by atoms with Gasteiger partial charge < -0.3 is 10.2 Å². The van der Waals surface area contributed by atoms with Gasteiger partial charge in [0.15, 0.2) is 9.84 Å². The van der Waals surface area contributed by atoms with Gasteiger partial charge in [-0.25, -0.2) is 18.4 Å². The Labute approximate surface area is 157 Å². The largest absolute Gasteiger partial charge is 0.335 e. The Hall–Kier alpha value is -2.99. The fourth-order valence-corrected chi connectivity index (χ4v) is 4.78. The van der Waals surface area contributed by atoms with Gasteiger partial charge in [-0.15, -0.1) is 0 Å². The number of aromatic nitrogens is 2. The van der Waals surface area contributed by atoms with Gasteiger partial charge >= 0.3 is 0 Å². The first kappa shape index (κ1) is 18.8. The quantitative estimate of drug-likeness (QED) is 0.833. The van der Waals surface area contributed by atoms with E-state index in [4.69, 9.17) is 5.26 Å². The van der Waals surface area contributed by atoms with E-state index in [1.54, 1.807) is 29.2 Å². The zero-order chi connectivity index (χ0) is 19.4. The van der Waals surface area contributed by atoms with E-state index >= 15 is 0 Å². The molecular weight excluding hydrogens is 366 g/mol. The summed E-state index contributed by atoms with van der Waals surface area (Å²) in [5.74, 6) is 0.135. The molecule has 9 heteroatoms. The number of nitriles is 1. The molecule has 1 N–H and O–H groups in total. The normalized spacial score (nSPS) is 17.9. The van der Waals surface area contributed by atoms with Crippen molar-refractivity contribution in [3.63, 3.8) is 0 Å². The van der Waals surface area contributed by atoms with Crippen LogP contribution in [0.2, 0.25) is 0 Å². The first-order valence-electron chi connectivity index (χ1n) is 8.52. The average Bonchev–Trinajstić information content (AvgIpc) is 3.02. The molecule has 1 fully saturated rings. The number of hydrogen-bond donors (Lipinski definition) is 1. The Morgan fingerprint density at radius 2 is 2.11 bits per heavy atom. The van der Waals surface area contributed by atoms with Gasteiger partial charge in [-0.3, -0.25) is 4.79 Å². The topological polar surface area (TPSA) is 116 Å². The monoisotopic (exact) mass is 385 g/mol. The second-order valence-electron chi connectivity index (χ2n) is 6.26. The van der Waals surface area contributed by atoms with Crippen molar-refractivity contribution in [1.29, 1.82) is 5.26 Å². The number of amides is 1. The first-order chi connectivity index (χ1) is 12.9. The van der Waals surface area contributed by atoms with E-state index in [0.717, 1.165) is 0 Å². The number of nitrogens with one attached hydrogen (secondary N) is 1. The number of sulfone groups is 1. The number of carbonyl (C=O) groups is 1. The molecule has 140 valence electrons. The molecule has 0 aliphatic carbocycles.